The topological polar surface area (TPSA) is 83.0 Å². The van der Waals surface area contributed by atoms with Crippen LogP contribution in [0.25, 0.3) is 0 Å². The average Bonchev–Trinajstić information content (AvgIpc) is 2.80. The van der Waals surface area contributed by atoms with E-state index in [0.717, 1.165) is 61.1 Å². The predicted octanol–water partition coefficient (Wildman–Crippen LogP) is 4.08. The Hall–Kier alpha value is -2.35. The second-order valence-corrected chi connectivity index (χ2v) is 10.1. The summed E-state index contributed by atoms with van der Waals surface area (Å²) in [4.78, 5) is 29.0. The Kier molecular flexibility index (Phi) is 7.50. The van der Waals surface area contributed by atoms with E-state index in [1.807, 2.05) is 12.1 Å². The highest BCUT2D eigenvalue weighted by Gasteiger charge is 2.25. The second-order valence-electron chi connectivity index (χ2n) is 8.85. The molecule has 172 valence electrons. The number of hydrogen-bond acceptors (Lipinski definition) is 7. The molecule has 0 spiro atoms. The van der Waals surface area contributed by atoms with Crippen molar-refractivity contribution in [3.63, 3.8) is 0 Å². The lowest BCUT2D eigenvalue weighted by atomic mass is 9.91. The van der Waals surface area contributed by atoms with Crippen molar-refractivity contribution >= 4 is 29.4 Å². The van der Waals surface area contributed by atoms with Crippen LogP contribution in [0, 0.1) is 0 Å². The minimum atomic E-state index is -0.0147. The fourth-order valence-electron chi connectivity index (χ4n) is 4.65. The standard InChI is InChI=1S/C24H34N6OS/c1-4-32-23-19(9-7-15-25-23)22(31)26-16-11-13-17(14-12-16)27-24-28-20-10-6-5-8-18(20)21(29-24)30(2)3/h7,9,15-17H,4-6,8,10-14H2,1-3H3,(H,26,31)(H,27,28,29)/t16-,17+. The minimum Gasteiger partial charge on any atom is -0.362 e. The number of aryl methyl sites for hydroxylation is 1. The zero-order valence-electron chi connectivity index (χ0n) is 19.4. The van der Waals surface area contributed by atoms with Gasteiger partial charge >= 0.3 is 0 Å². The maximum atomic E-state index is 12.8. The molecule has 7 nitrogen and oxygen atoms in total. The number of thioether (sulfide) groups is 1. The van der Waals surface area contributed by atoms with Gasteiger partial charge in [0, 0.05) is 37.9 Å². The summed E-state index contributed by atoms with van der Waals surface area (Å²) in [6.45, 7) is 2.07. The zero-order chi connectivity index (χ0) is 22.5. The van der Waals surface area contributed by atoms with E-state index < -0.39 is 0 Å². The van der Waals surface area contributed by atoms with Gasteiger partial charge in [0.1, 0.15) is 10.8 Å². The number of amides is 1. The Morgan fingerprint density at radius 3 is 2.62 bits per heavy atom. The van der Waals surface area contributed by atoms with Gasteiger partial charge in [0.2, 0.25) is 5.95 Å². The van der Waals surface area contributed by atoms with Crippen LogP contribution in [0.4, 0.5) is 11.8 Å². The molecule has 0 atom stereocenters. The van der Waals surface area contributed by atoms with Crippen LogP contribution in [0.3, 0.4) is 0 Å². The smallest absolute Gasteiger partial charge is 0.254 e. The number of carbonyl (C=O) groups excluding carboxylic acids is 1. The number of hydrogen-bond donors (Lipinski definition) is 2. The van der Waals surface area contributed by atoms with Crippen molar-refractivity contribution in [3.05, 3.63) is 35.2 Å². The van der Waals surface area contributed by atoms with Gasteiger partial charge in [0.15, 0.2) is 0 Å². The van der Waals surface area contributed by atoms with Gasteiger partial charge < -0.3 is 15.5 Å². The largest absolute Gasteiger partial charge is 0.362 e. The maximum absolute atomic E-state index is 12.8. The van der Waals surface area contributed by atoms with Crippen LogP contribution in [0.1, 0.15) is 67.1 Å². The molecule has 2 N–H and O–H groups in total. The first-order valence-electron chi connectivity index (χ1n) is 11.8. The van der Waals surface area contributed by atoms with Gasteiger partial charge in [0.05, 0.1) is 11.3 Å². The van der Waals surface area contributed by atoms with E-state index in [-0.39, 0.29) is 11.9 Å². The second kappa shape index (κ2) is 10.5. The minimum absolute atomic E-state index is 0.0147. The van der Waals surface area contributed by atoms with E-state index in [9.17, 15) is 4.79 Å². The Labute approximate surface area is 195 Å². The number of nitrogens with zero attached hydrogens (tertiary/aromatic N) is 4. The lowest BCUT2D eigenvalue weighted by Gasteiger charge is -2.30. The zero-order valence-corrected chi connectivity index (χ0v) is 20.2. The quantitative estimate of drug-likeness (QED) is 0.610. The van der Waals surface area contributed by atoms with Crippen molar-refractivity contribution in [2.75, 3.05) is 30.1 Å². The summed E-state index contributed by atoms with van der Waals surface area (Å²) >= 11 is 1.61. The lowest BCUT2D eigenvalue weighted by Crippen LogP contribution is -2.40. The Morgan fingerprint density at radius 1 is 1.12 bits per heavy atom. The molecule has 1 fully saturated rings. The molecule has 32 heavy (non-hydrogen) atoms. The van der Waals surface area contributed by atoms with Crippen molar-refractivity contribution < 1.29 is 4.79 Å². The molecule has 2 aliphatic carbocycles. The third-order valence-electron chi connectivity index (χ3n) is 6.28. The van der Waals surface area contributed by atoms with Crippen LogP contribution < -0.4 is 15.5 Å². The maximum Gasteiger partial charge on any atom is 0.254 e. The van der Waals surface area contributed by atoms with E-state index in [1.54, 1.807) is 18.0 Å². The molecule has 0 radical (unpaired) electrons. The molecule has 2 heterocycles. The summed E-state index contributed by atoms with van der Waals surface area (Å²) in [5, 5.41) is 7.62. The number of rotatable bonds is 7. The van der Waals surface area contributed by atoms with E-state index in [0.29, 0.717) is 11.6 Å². The van der Waals surface area contributed by atoms with Crippen LogP contribution in [-0.2, 0) is 12.8 Å². The molecule has 0 aliphatic heterocycles. The van der Waals surface area contributed by atoms with Crippen LogP contribution >= 0.6 is 11.8 Å². The Bertz CT molecular complexity index is 942. The third kappa shape index (κ3) is 5.34. The fourth-order valence-corrected chi connectivity index (χ4v) is 5.38. The molecule has 4 rings (SSSR count). The molecule has 2 aliphatic rings. The Morgan fingerprint density at radius 2 is 1.88 bits per heavy atom. The third-order valence-corrected chi connectivity index (χ3v) is 7.16. The number of fused-ring (bicyclic) bond motifs is 1. The fraction of sp³-hybridized carbons (Fsp3) is 0.583. The molecule has 8 heteroatoms. The molecule has 1 saturated carbocycles. The van der Waals surface area contributed by atoms with Crippen molar-refractivity contribution in [2.45, 2.75) is 75.4 Å². The molecule has 0 saturated heterocycles. The van der Waals surface area contributed by atoms with Gasteiger partial charge in [-0.3, -0.25) is 4.79 Å². The van der Waals surface area contributed by atoms with E-state index in [2.05, 4.69) is 41.5 Å². The first-order valence-corrected chi connectivity index (χ1v) is 12.8. The molecule has 1 amide bonds. The first kappa shape index (κ1) is 22.8. The molecular weight excluding hydrogens is 420 g/mol. The summed E-state index contributed by atoms with van der Waals surface area (Å²) in [7, 11) is 4.11. The number of nitrogens with one attached hydrogen (secondary N) is 2. The molecule has 0 bridgehead atoms. The Balaban J connectivity index is 1.35. The predicted molar refractivity (Wildman–Crippen MR) is 131 cm³/mol. The van der Waals surface area contributed by atoms with Gasteiger partial charge in [-0.25, -0.2) is 9.97 Å². The van der Waals surface area contributed by atoms with Crippen LogP contribution in [0.2, 0.25) is 0 Å². The lowest BCUT2D eigenvalue weighted by molar-refractivity contribution is 0.0923. The molecule has 2 aromatic heterocycles. The van der Waals surface area contributed by atoms with Crippen molar-refractivity contribution in [2.24, 2.45) is 0 Å². The molecule has 0 unspecified atom stereocenters. The first-order chi connectivity index (χ1) is 15.5. The number of anilines is 2. The highest BCUT2D eigenvalue weighted by atomic mass is 32.2. The highest BCUT2D eigenvalue weighted by molar-refractivity contribution is 7.99. The molecule has 2 aromatic rings. The van der Waals surface area contributed by atoms with Crippen molar-refractivity contribution in [1.82, 2.24) is 20.3 Å². The van der Waals surface area contributed by atoms with E-state index in [1.165, 1.54) is 24.1 Å². The van der Waals surface area contributed by atoms with E-state index in [4.69, 9.17) is 9.97 Å². The van der Waals surface area contributed by atoms with Crippen LogP contribution in [0.15, 0.2) is 23.4 Å². The summed E-state index contributed by atoms with van der Waals surface area (Å²) in [6.07, 6.45) is 10.2. The molecule has 0 aromatic carbocycles. The number of carbonyl (C=O) groups is 1. The van der Waals surface area contributed by atoms with Gasteiger partial charge in [-0.05, 0) is 69.3 Å². The van der Waals surface area contributed by atoms with Crippen molar-refractivity contribution in [3.8, 4) is 0 Å². The summed E-state index contributed by atoms with van der Waals surface area (Å²) in [5.41, 5.74) is 3.20. The summed E-state index contributed by atoms with van der Waals surface area (Å²) < 4.78 is 0. The number of pyridine rings is 1. The SMILES string of the molecule is CCSc1ncccc1C(=O)N[C@H]1CC[C@@H](Nc2nc3c(c(N(C)C)n2)CCCC3)CC1. The van der Waals surface area contributed by atoms with Gasteiger partial charge in [0.25, 0.3) is 5.91 Å². The average molecular weight is 455 g/mol. The molecular formula is C24H34N6OS. The van der Waals surface area contributed by atoms with Gasteiger partial charge in [-0.2, -0.15) is 4.98 Å². The van der Waals surface area contributed by atoms with Crippen LogP contribution in [0.5, 0.6) is 0 Å². The monoisotopic (exact) mass is 454 g/mol. The van der Waals surface area contributed by atoms with Crippen LogP contribution in [-0.4, -0.2) is 52.8 Å². The van der Waals surface area contributed by atoms with Gasteiger partial charge in [-0.15, -0.1) is 11.8 Å². The normalized spacial score (nSPS) is 20.3. The van der Waals surface area contributed by atoms with Crippen molar-refractivity contribution in [1.29, 1.82) is 0 Å². The van der Waals surface area contributed by atoms with E-state index >= 15 is 0 Å². The highest BCUT2D eigenvalue weighted by Crippen LogP contribution is 2.29. The number of aromatic nitrogens is 3. The summed E-state index contributed by atoms with van der Waals surface area (Å²) in [5.74, 6) is 2.68. The summed E-state index contributed by atoms with van der Waals surface area (Å²) in [6, 6.07) is 4.23. The van der Waals surface area contributed by atoms with Gasteiger partial charge in [-0.1, -0.05) is 6.92 Å².